The van der Waals surface area contributed by atoms with E-state index >= 15 is 0 Å². The van der Waals surface area contributed by atoms with Crippen LogP contribution in [0, 0.1) is 11.6 Å². The third-order valence-electron chi connectivity index (χ3n) is 4.63. The van der Waals surface area contributed by atoms with Gasteiger partial charge in [-0.05, 0) is 24.1 Å². The van der Waals surface area contributed by atoms with Crippen LogP contribution in [0.3, 0.4) is 0 Å². The second-order valence-corrected chi connectivity index (χ2v) is 9.02. The zero-order chi connectivity index (χ0) is 23.3. The number of nitrogens with zero attached hydrogens (tertiary/aromatic N) is 1. The summed E-state index contributed by atoms with van der Waals surface area (Å²) in [6, 6.07) is 9.37. The van der Waals surface area contributed by atoms with E-state index in [2.05, 4.69) is 10.3 Å². The Kier molecular flexibility index (Phi) is 7.54. The van der Waals surface area contributed by atoms with Gasteiger partial charge in [0.15, 0.2) is 11.6 Å². The number of aryl methyl sites for hydroxylation is 1. The number of nitrogens with one attached hydrogen (secondary N) is 2. The van der Waals surface area contributed by atoms with Gasteiger partial charge in [-0.2, -0.15) is 8.42 Å². The zero-order valence-corrected chi connectivity index (χ0v) is 18.6. The van der Waals surface area contributed by atoms with Gasteiger partial charge >= 0.3 is 10.3 Å². The first-order valence-electron chi connectivity index (χ1n) is 9.66. The average molecular weight is 482 g/mol. The van der Waals surface area contributed by atoms with Crippen LogP contribution in [0.25, 0.3) is 0 Å². The van der Waals surface area contributed by atoms with Crippen molar-refractivity contribution in [3.63, 3.8) is 0 Å². The fourth-order valence-electron chi connectivity index (χ4n) is 3.11. The molecule has 32 heavy (non-hydrogen) atoms. The highest BCUT2D eigenvalue weighted by Crippen LogP contribution is 2.27. The third kappa shape index (κ3) is 6.31. The number of carbonyl (C=O) groups is 1. The Labute approximate surface area is 188 Å². The number of carbonyl (C=O) groups excluding carboxylic acids is 1. The minimum Gasteiger partial charge on any atom is -0.346 e. The van der Waals surface area contributed by atoms with Gasteiger partial charge < -0.3 is 5.32 Å². The maximum Gasteiger partial charge on any atom is 0.357 e. The van der Waals surface area contributed by atoms with Crippen molar-refractivity contribution in [1.29, 1.82) is 0 Å². The molecule has 0 aliphatic heterocycles. The molecule has 0 spiro atoms. The van der Waals surface area contributed by atoms with Gasteiger partial charge in [0, 0.05) is 17.4 Å². The molecule has 1 heterocycles. The van der Waals surface area contributed by atoms with Crippen LogP contribution in [0.5, 0.6) is 0 Å². The van der Waals surface area contributed by atoms with Crippen LogP contribution in [-0.2, 0) is 34.4 Å². The summed E-state index contributed by atoms with van der Waals surface area (Å²) in [5.41, 5.74) is 1.39. The number of amides is 1. The van der Waals surface area contributed by atoms with Crippen molar-refractivity contribution in [3.05, 3.63) is 81.3 Å². The van der Waals surface area contributed by atoms with Gasteiger partial charge in [-0.15, -0.1) is 11.3 Å². The largest absolute Gasteiger partial charge is 0.357 e. The summed E-state index contributed by atoms with van der Waals surface area (Å²) in [6.45, 7) is 1.93. The Morgan fingerprint density at radius 2 is 1.88 bits per heavy atom. The summed E-state index contributed by atoms with van der Waals surface area (Å²) < 4.78 is 61.2. The Morgan fingerprint density at radius 1 is 1.16 bits per heavy atom. The molecular formula is C21H21F2N3O4S2. The lowest BCUT2D eigenvalue weighted by molar-refractivity contribution is -0.121. The number of anilines is 1. The normalized spacial score (nSPS) is 12.4. The highest BCUT2D eigenvalue weighted by molar-refractivity contribution is 7.87. The molecule has 2 aromatic carbocycles. The fourth-order valence-corrected chi connectivity index (χ4v) is 4.53. The number of aromatic nitrogens is 1. The topological polar surface area (TPSA) is 108 Å². The van der Waals surface area contributed by atoms with E-state index in [-0.39, 0.29) is 24.1 Å². The van der Waals surface area contributed by atoms with E-state index in [1.54, 1.807) is 18.2 Å². The Morgan fingerprint density at radius 3 is 2.56 bits per heavy atom. The molecule has 0 radical (unpaired) electrons. The van der Waals surface area contributed by atoms with E-state index in [4.69, 9.17) is 4.55 Å². The Balaban J connectivity index is 1.87. The van der Waals surface area contributed by atoms with Gasteiger partial charge in [-0.1, -0.05) is 37.3 Å². The first-order chi connectivity index (χ1) is 15.2. The number of hydrogen-bond acceptors (Lipinski definition) is 5. The summed E-state index contributed by atoms with van der Waals surface area (Å²) >= 11 is 1.33. The summed E-state index contributed by atoms with van der Waals surface area (Å²) in [4.78, 5) is 17.2. The molecule has 1 atom stereocenters. The smallest absolute Gasteiger partial charge is 0.346 e. The number of thiazole rings is 1. The summed E-state index contributed by atoms with van der Waals surface area (Å²) in [5.74, 6) is -2.66. The molecule has 0 aliphatic rings. The van der Waals surface area contributed by atoms with E-state index in [1.165, 1.54) is 29.5 Å². The Hall–Kier alpha value is -2.89. The van der Waals surface area contributed by atoms with Gasteiger partial charge in [-0.3, -0.25) is 14.1 Å². The standard InChI is InChI=1S/C21H21F2N3O4S2/c1-2-15-12-31-21(24-15)18(10-13-6-3-4-9-17(13)26-32(28,29)30)25-19(27)11-14-7-5-8-16(22)20(14)23/h3-9,12,18,26H,2,10-11H2,1H3,(H,25,27)(H,28,29,30). The zero-order valence-electron chi connectivity index (χ0n) is 17.0. The molecule has 3 N–H and O–H groups in total. The summed E-state index contributed by atoms with van der Waals surface area (Å²) in [7, 11) is -4.50. The van der Waals surface area contributed by atoms with Crippen molar-refractivity contribution in [1.82, 2.24) is 10.3 Å². The summed E-state index contributed by atoms with van der Waals surface area (Å²) in [5, 5.41) is 5.22. The van der Waals surface area contributed by atoms with E-state index in [0.29, 0.717) is 17.0 Å². The number of halogens is 2. The minimum atomic E-state index is -4.50. The van der Waals surface area contributed by atoms with Crippen LogP contribution in [0.15, 0.2) is 47.8 Å². The monoisotopic (exact) mass is 481 g/mol. The lowest BCUT2D eigenvalue weighted by Crippen LogP contribution is -2.31. The highest BCUT2D eigenvalue weighted by atomic mass is 32.2. The molecule has 170 valence electrons. The molecule has 7 nitrogen and oxygen atoms in total. The van der Waals surface area contributed by atoms with Crippen molar-refractivity contribution < 1.29 is 26.5 Å². The van der Waals surface area contributed by atoms with Crippen molar-refractivity contribution >= 4 is 33.2 Å². The van der Waals surface area contributed by atoms with E-state index in [9.17, 15) is 22.0 Å². The maximum absolute atomic E-state index is 14.0. The van der Waals surface area contributed by atoms with Crippen LogP contribution in [-0.4, -0.2) is 23.9 Å². The van der Waals surface area contributed by atoms with Gasteiger partial charge in [0.25, 0.3) is 0 Å². The van der Waals surface area contributed by atoms with Crippen LogP contribution >= 0.6 is 11.3 Å². The molecule has 11 heteroatoms. The molecule has 1 amide bonds. The van der Waals surface area contributed by atoms with Crippen LogP contribution in [0.1, 0.15) is 34.8 Å². The second-order valence-electron chi connectivity index (χ2n) is 6.98. The molecule has 0 fully saturated rings. The first kappa shape index (κ1) is 23.8. The average Bonchev–Trinajstić information content (AvgIpc) is 3.20. The number of rotatable bonds is 9. The first-order valence-corrected chi connectivity index (χ1v) is 12.0. The molecule has 3 aromatic rings. The molecule has 0 aliphatic carbocycles. The minimum absolute atomic E-state index is 0.0805. The molecule has 0 saturated heterocycles. The highest BCUT2D eigenvalue weighted by Gasteiger charge is 2.22. The lowest BCUT2D eigenvalue weighted by Gasteiger charge is -2.19. The van der Waals surface area contributed by atoms with Crippen molar-refractivity contribution in [2.45, 2.75) is 32.2 Å². The van der Waals surface area contributed by atoms with Gasteiger partial charge in [0.2, 0.25) is 5.91 Å². The number of benzene rings is 2. The molecule has 0 saturated carbocycles. The molecular weight excluding hydrogens is 460 g/mol. The van der Waals surface area contributed by atoms with E-state index in [1.807, 2.05) is 17.0 Å². The van der Waals surface area contributed by atoms with Gasteiger partial charge in [0.05, 0.1) is 23.8 Å². The predicted octanol–water partition coefficient (Wildman–Crippen LogP) is 3.84. The third-order valence-corrected chi connectivity index (χ3v) is 6.11. The van der Waals surface area contributed by atoms with Crippen molar-refractivity contribution in [2.24, 2.45) is 0 Å². The fraction of sp³-hybridized carbons (Fsp3) is 0.238. The van der Waals surface area contributed by atoms with Gasteiger partial charge in [-0.25, -0.2) is 13.8 Å². The van der Waals surface area contributed by atoms with Crippen LogP contribution in [0.4, 0.5) is 14.5 Å². The van der Waals surface area contributed by atoms with Crippen molar-refractivity contribution in [3.8, 4) is 0 Å². The predicted molar refractivity (Wildman–Crippen MR) is 118 cm³/mol. The molecule has 1 unspecified atom stereocenters. The SMILES string of the molecule is CCc1csc(C(Cc2ccccc2NS(=O)(=O)O)NC(=O)Cc2cccc(F)c2F)n1. The van der Waals surface area contributed by atoms with Crippen LogP contribution in [0.2, 0.25) is 0 Å². The van der Waals surface area contributed by atoms with E-state index < -0.39 is 33.9 Å². The summed E-state index contributed by atoms with van der Waals surface area (Å²) in [6.07, 6.45) is 0.455. The maximum atomic E-state index is 14.0. The number of hydrogen-bond donors (Lipinski definition) is 3. The Bertz CT molecular complexity index is 1220. The quantitative estimate of drug-likeness (QED) is 0.403. The number of para-hydroxylation sites is 1. The van der Waals surface area contributed by atoms with Gasteiger partial charge in [0.1, 0.15) is 5.01 Å². The van der Waals surface area contributed by atoms with Crippen molar-refractivity contribution in [2.75, 3.05) is 4.72 Å². The molecule has 3 rings (SSSR count). The molecule has 0 bridgehead atoms. The lowest BCUT2D eigenvalue weighted by atomic mass is 10.0. The molecule has 1 aromatic heterocycles. The van der Waals surface area contributed by atoms with Crippen LogP contribution < -0.4 is 10.0 Å². The van der Waals surface area contributed by atoms with E-state index in [0.717, 1.165) is 11.8 Å². The second kappa shape index (κ2) is 10.2.